The van der Waals surface area contributed by atoms with E-state index < -0.39 is 0 Å². The number of carbonyl (C=O) groups excluding carboxylic acids is 1. The molecule has 0 radical (unpaired) electrons. The zero-order valence-corrected chi connectivity index (χ0v) is 16.1. The number of aromatic nitrogens is 3. The maximum atomic E-state index is 12.3. The van der Waals surface area contributed by atoms with Crippen LogP contribution in [-0.2, 0) is 13.1 Å². The first-order valence-corrected chi connectivity index (χ1v) is 9.84. The third-order valence-electron chi connectivity index (χ3n) is 5.30. The molecule has 1 fully saturated rings. The lowest BCUT2D eigenvalue weighted by atomic mass is 10.0. The summed E-state index contributed by atoms with van der Waals surface area (Å²) in [6, 6.07) is 10.3. The van der Waals surface area contributed by atoms with Gasteiger partial charge in [-0.2, -0.15) is 5.10 Å². The fourth-order valence-corrected chi connectivity index (χ4v) is 3.73. The van der Waals surface area contributed by atoms with E-state index in [9.17, 15) is 4.79 Å². The van der Waals surface area contributed by atoms with Crippen LogP contribution in [0.15, 0.2) is 48.9 Å². The normalized spacial score (nSPS) is 17.5. The standard InChI is InChI=1S/C21H26N6O/c1-16-6-2-3-10-26(16)15-17-7-4-8-19(12-17)25-21(28)23-13-18-14-24-27-11-5-9-22-20(18)27/h4-5,7-9,11-12,14,16H,2-3,6,10,13,15H2,1H3,(H2,23,25,28)/t16-/m1/s1. The number of hydrogen-bond acceptors (Lipinski definition) is 4. The molecule has 0 saturated carbocycles. The number of likely N-dealkylation sites (tertiary alicyclic amines) is 1. The van der Waals surface area contributed by atoms with Crippen molar-refractivity contribution in [2.45, 2.75) is 45.3 Å². The topological polar surface area (TPSA) is 74.6 Å². The largest absolute Gasteiger partial charge is 0.334 e. The fourth-order valence-electron chi connectivity index (χ4n) is 3.73. The van der Waals surface area contributed by atoms with Crippen molar-refractivity contribution >= 4 is 17.4 Å². The SMILES string of the molecule is C[C@@H]1CCCCN1Cc1cccc(NC(=O)NCc2cnn3cccnc23)c1. The summed E-state index contributed by atoms with van der Waals surface area (Å²) in [6.07, 6.45) is 9.13. The molecule has 1 saturated heterocycles. The molecule has 2 aromatic heterocycles. The lowest BCUT2D eigenvalue weighted by molar-refractivity contribution is 0.152. The van der Waals surface area contributed by atoms with E-state index in [1.54, 1.807) is 16.9 Å². The Hall–Kier alpha value is -2.93. The molecule has 1 aliphatic rings. The van der Waals surface area contributed by atoms with Crippen molar-refractivity contribution in [3.8, 4) is 0 Å². The number of piperidine rings is 1. The van der Waals surface area contributed by atoms with Crippen molar-refractivity contribution in [1.82, 2.24) is 24.8 Å². The monoisotopic (exact) mass is 378 g/mol. The van der Waals surface area contributed by atoms with Gasteiger partial charge in [-0.05, 0) is 50.1 Å². The van der Waals surface area contributed by atoms with Crippen molar-refractivity contribution in [3.63, 3.8) is 0 Å². The minimum Gasteiger partial charge on any atom is -0.334 e. The third-order valence-corrected chi connectivity index (χ3v) is 5.30. The summed E-state index contributed by atoms with van der Waals surface area (Å²) in [5.41, 5.74) is 3.65. The lowest BCUT2D eigenvalue weighted by Gasteiger charge is -2.33. The fraction of sp³-hybridized carbons (Fsp3) is 0.381. The zero-order valence-electron chi connectivity index (χ0n) is 16.1. The molecule has 0 aliphatic carbocycles. The molecule has 1 atom stereocenters. The van der Waals surface area contributed by atoms with E-state index in [-0.39, 0.29) is 6.03 Å². The quantitative estimate of drug-likeness (QED) is 0.713. The minimum absolute atomic E-state index is 0.237. The van der Waals surface area contributed by atoms with E-state index >= 15 is 0 Å². The van der Waals surface area contributed by atoms with Gasteiger partial charge < -0.3 is 10.6 Å². The number of carbonyl (C=O) groups is 1. The van der Waals surface area contributed by atoms with Crippen LogP contribution in [0, 0.1) is 0 Å². The van der Waals surface area contributed by atoms with Crippen LogP contribution in [0.4, 0.5) is 10.5 Å². The predicted molar refractivity (Wildman–Crippen MR) is 109 cm³/mol. The molecular formula is C21H26N6O. The van der Waals surface area contributed by atoms with Crippen LogP contribution in [0.3, 0.4) is 0 Å². The van der Waals surface area contributed by atoms with Crippen LogP contribution >= 0.6 is 0 Å². The number of nitrogens with zero attached hydrogens (tertiary/aromatic N) is 4. The Kier molecular flexibility index (Phi) is 5.53. The molecule has 1 aliphatic heterocycles. The molecular weight excluding hydrogens is 352 g/mol. The molecule has 7 heteroatoms. The molecule has 3 heterocycles. The Morgan fingerprint density at radius 2 is 2.21 bits per heavy atom. The molecule has 0 spiro atoms. The highest BCUT2D eigenvalue weighted by molar-refractivity contribution is 5.89. The molecule has 0 bridgehead atoms. The van der Waals surface area contributed by atoms with Crippen LogP contribution < -0.4 is 10.6 Å². The Morgan fingerprint density at radius 1 is 1.29 bits per heavy atom. The van der Waals surface area contributed by atoms with Crippen LogP contribution in [-0.4, -0.2) is 38.1 Å². The molecule has 1 aromatic carbocycles. The van der Waals surface area contributed by atoms with Crippen LogP contribution in [0.2, 0.25) is 0 Å². The van der Waals surface area contributed by atoms with Crippen molar-refractivity contribution in [2.24, 2.45) is 0 Å². The van der Waals surface area contributed by atoms with Gasteiger partial charge in [0.15, 0.2) is 5.65 Å². The second kappa shape index (κ2) is 8.39. The molecule has 2 N–H and O–H groups in total. The van der Waals surface area contributed by atoms with E-state index in [4.69, 9.17) is 0 Å². The van der Waals surface area contributed by atoms with Crippen LogP contribution in [0.1, 0.15) is 37.3 Å². The summed E-state index contributed by atoms with van der Waals surface area (Å²) in [5, 5.41) is 10.0. The van der Waals surface area contributed by atoms with Gasteiger partial charge >= 0.3 is 6.03 Å². The Labute approximate surface area is 164 Å². The predicted octanol–water partition coefficient (Wildman–Crippen LogP) is 3.43. The van der Waals surface area contributed by atoms with Crippen molar-refractivity contribution in [1.29, 1.82) is 0 Å². The maximum Gasteiger partial charge on any atom is 0.319 e. The van der Waals surface area contributed by atoms with Gasteiger partial charge in [0, 0.05) is 42.8 Å². The molecule has 146 valence electrons. The van der Waals surface area contributed by atoms with Gasteiger partial charge in [-0.15, -0.1) is 0 Å². The first-order chi connectivity index (χ1) is 13.7. The number of benzene rings is 1. The summed E-state index contributed by atoms with van der Waals surface area (Å²) >= 11 is 0. The minimum atomic E-state index is -0.237. The van der Waals surface area contributed by atoms with Crippen molar-refractivity contribution < 1.29 is 4.79 Å². The number of urea groups is 1. The van der Waals surface area contributed by atoms with Gasteiger partial charge in [0.1, 0.15) is 0 Å². The van der Waals surface area contributed by atoms with Gasteiger partial charge in [0.2, 0.25) is 0 Å². The number of nitrogens with one attached hydrogen (secondary N) is 2. The second-order valence-electron chi connectivity index (χ2n) is 7.38. The first-order valence-electron chi connectivity index (χ1n) is 9.84. The van der Waals surface area contributed by atoms with Gasteiger partial charge in [-0.3, -0.25) is 4.90 Å². The van der Waals surface area contributed by atoms with Crippen LogP contribution in [0.5, 0.6) is 0 Å². The Morgan fingerprint density at radius 3 is 3.11 bits per heavy atom. The van der Waals surface area contributed by atoms with E-state index in [1.165, 1.54) is 24.8 Å². The molecule has 4 rings (SSSR count). The highest BCUT2D eigenvalue weighted by Crippen LogP contribution is 2.20. The Balaban J connectivity index is 1.34. The lowest BCUT2D eigenvalue weighted by Crippen LogP contribution is -2.36. The summed E-state index contributed by atoms with van der Waals surface area (Å²) in [5.74, 6) is 0. The van der Waals surface area contributed by atoms with E-state index in [2.05, 4.69) is 44.7 Å². The maximum absolute atomic E-state index is 12.3. The average Bonchev–Trinajstić information content (AvgIpc) is 3.12. The van der Waals surface area contributed by atoms with Crippen molar-refractivity contribution in [2.75, 3.05) is 11.9 Å². The van der Waals surface area contributed by atoms with Gasteiger partial charge in [-0.25, -0.2) is 14.3 Å². The number of amides is 2. The van der Waals surface area contributed by atoms with Gasteiger partial charge in [0.25, 0.3) is 0 Å². The second-order valence-corrected chi connectivity index (χ2v) is 7.38. The first kappa shape index (κ1) is 18.4. The summed E-state index contributed by atoms with van der Waals surface area (Å²) in [6.45, 7) is 4.74. The highest BCUT2D eigenvalue weighted by atomic mass is 16.2. The summed E-state index contributed by atoms with van der Waals surface area (Å²) < 4.78 is 1.69. The smallest absolute Gasteiger partial charge is 0.319 e. The van der Waals surface area contributed by atoms with Gasteiger partial charge in [-0.1, -0.05) is 18.6 Å². The number of rotatable bonds is 5. The molecule has 3 aromatic rings. The zero-order chi connectivity index (χ0) is 19.3. The highest BCUT2D eigenvalue weighted by Gasteiger charge is 2.18. The van der Waals surface area contributed by atoms with Gasteiger partial charge in [0.05, 0.1) is 6.20 Å². The van der Waals surface area contributed by atoms with E-state index in [0.29, 0.717) is 12.6 Å². The van der Waals surface area contributed by atoms with E-state index in [0.717, 1.165) is 30.0 Å². The molecule has 0 unspecified atom stereocenters. The third kappa shape index (κ3) is 4.31. The number of fused-ring (bicyclic) bond motifs is 1. The van der Waals surface area contributed by atoms with E-state index in [1.807, 2.05) is 24.4 Å². The average molecular weight is 378 g/mol. The number of anilines is 1. The molecule has 2 amide bonds. The number of hydrogen-bond donors (Lipinski definition) is 2. The van der Waals surface area contributed by atoms with Crippen LogP contribution in [0.25, 0.3) is 5.65 Å². The Bertz CT molecular complexity index is 953. The summed E-state index contributed by atoms with van der Waals surface area (Å²) in [4.78, 5) is 19.1. The summed E-state index contributed by atoms with van der Waals surface area (Å²) in [7, 11) is 0. The van der Waals surface area contributed by atoms with Crippen molar-refractivity contribution in [3.05, 3.63) is 60.0 Å². The molecule has 7 nitrogen and oxygen atoms in total. The molecule has 28 heavy (non-hydrogen) atoms.